The summed E-state index contributed by atoms with van der Waals surface area (Å²) in [7, 11) is 0. The van der Waals surface area contributed by atoms with Gasteiger partial charge in [0.15, 0.2) is 11.6 Å². The molecule has 1 aromatic heterocycles. The molecule has 0 unspecified atom stereocenters. The second-order valence-corrected chi connectivity index (χ2v) is 5.08. The minimum absolute atomic E-state index is 0.121. The fourth-order valence-electron chi connectivity index (χ4n) is 2.25. The van der Waals surface area contributed by atoms with E-state index in [0.717, 1.165) is 38.9 Å². The number of nitrogens with zero attached hydrogens (tertiary/aromatic N) is 4. The minimum atomic E-state index is -0.401. The largest absolute Gasteiger partial charge is 0.368 e. The molecule has 0 saturated carbocycles. The number of rotatable bonds is 3. The van der Waals surface area contributed by atoms with Gasteiger partial charge in [-0.05, 0) is 5.92 Å². The third-order valence-electron chi connectivity index (χ3n) is 3.04. The Kier molecular flexibility index (Phi) is 3.96. The molecule has 18 heavy (non-hydrogen) atoms. The first-order valence-electron chi connectivity index (χ1n) is 6.31. The topological polar surface area (TPSA) is 58.3 Å². The monoisotopic (exact) mass is 253 g/mol. The number of halogens is 1. The van der Waals surface area contributed by atoms with Crippen molar-refractivity contribution in [3.8, 4) is 0 Å². The van der Waals surface area contributed by atoms with E-state index in [-0.39, 0.29) is 5.95 Å². The predicted octanol–water partition coefficient (Wildman–Crippen LogP) is 0.976. The fraction of sp³-hybridized carbons (Fsp3) is 0.667. The fourth-order valence-corrected chi connectivity index (χ4v) is 2.25. The third kappa shape index (κ3) is 3.07. The first kappa shape index (κ1) is 13.0. The highest BCUT2D eigenvalue weighted by atomic mass is 19.1. The second kappa shape index (κ2) is 5.48. The molecule has 0 atom stereocenters. The summed E-state index contributed by atoms with van der Waals surface area (Å²) in [5.41, 5.74) is 5.50. The molecule has 1 saturated heterocycles. The normalized spacial score (nSPS) is 17.4. The van der Waals surface area contributed by atoms with E-state index in [0.29, 0.717) is 11.7 Å². The lowest BCUT2D eigenvalue weighted by molar-refractivity contribution is 0.230. The first-order valence-corrected chi connectivity index (χ1v) is 6.31. The highest BCUT2D eigenvalue weighted by Gasteiger charge is 2.21. The van der Waals surface area contributed by atoms with Gasteiger partial charge >= 0.3 is 0 Å². The third-order valence-corrected chi connectivity index (χ3v) is 3.04. The van der Waals surface area contributed by atoms with Crippen LogP contribution in [0.25, 0.3) is 0 Å². The summed E-state index contributed by atoms with van der Waals surface area (Å²) in [5.74, 6) is 0.701. The Morgan fingerprint density at radius 3 is 2.61 bits per heavy atom. The van der Waals surface area contributed by atoms with Crippen molar-refractivity contribution in [3.63, 3.8) is 0 Å². The Bertz CT molecular complexity index is 401. The molecule has 100 valence electrons. The van der Waals surface area contributed by atoms with Crippen LogP contribution < -0.4 is 10.6 Å². The molecule has 0 aromatic carbocycles. The zero-order valence-electron chi connectivity index (χ0n) is 10.9. The van der Waals surface area contributed by atoms with Gasteiger partial charge in [-0.1, -0.05) is 13.8 Å². The van der Waals surface area contributed by atoms with Gasteiger partial charge in [-0.2, -0.15) is 4.98 Å². The highest BCUT2D eigenvalue weighted by Crippen LogP contribution is 2.18. The number of piperazine rings is 1. The predicted molar refractivity (Wildman–Crippen MR) is 69.9 cm³/mol. The Hall–Kier alpha value is -1.43. The van der Waals surface area contributed by atoms with E-state index in [4.69, 9.17) is 5.73 Å². The van der Waals surface area contributed by atoms with Gasteiger partial charge < -0.3 is 10.6 Å². The molecular weight excluding hydrogens is 233 g/mol. The summed E-state index contributed by atoms with van der Waals surface area (Å²) in [5, 5.41) is 0. The van der Waals surface area contributed by atoms with Gasteiger partial charge in [0.2, 0.25) is 5.95 Å². The summed E-state index contributed by atoms with van der Waals surface area (Å²) in [6, 6.07) is 0. The van der Waals surface area contributed by atoms with Crippen molar-refractivity contribution in [1.29, 1.82) is 0 Å². The zero-order chi connectivity index (χ0) is 13.1. The van der Waals surface area contributed by atoms with E-state index in [2.05, 4.69) is 28.7 Å². The number of nitrogen functional groups attached to an aromatic ring is 1. The van der Waals surface area contributed by atoms with Crippen LogP contribution in [-0.4, -0.2) is 47.6 Å². The van der Waals surface area contributed by atoms with Gasteiger partial charge in [-0.25, -0.2) is 9.37 Å². The zero-order valence-corrected chi connectivity index (χ0v) is 10.9. The molecule has 2 rings (SSSR count). The quantitative estimate of drug-likeness (QED) is 0.870. The summed E-state index contributed by atoms with van der Waals surface area (Å²) in [4.78, 5) is 12.0. The average molecular weight is 253 g/mol. The first-order chi connectivity index (χ1) is 8.56. The summed E-state index contributed by atoms with van der Waals surface area (Å²) in [6.45, 7) is 8.92. The van der Waals surface area contributed by atoms with Crippen molar-refractivity contribution in [2.24, 2.45) is 5.92 Å². The summed E-state index contributed by atoms with van der Waals surface area (Å²) < 4.78 is 13.6. The molecule has 6 heteroatoms. The molecule has 1 aliphatic heterocycles. The molecule has 5 nitrogen and oxygen atoms in total. The highest BCUT2D eigenvalue weighted by molar-refractivity contribution is 5.42. The van der Waals surface area contributed by atoms with Crippen molar-refractivity contribution in [2.45, 2.75) is 13.8 Å². The molecule has 0 radical (unpaired) electrons. The van der Waals surface area contributed by atoms with Crippen molar-refractivity contribution in [2.75, 3.05) is 43.4 Å². The van der Waals surface area contributed by atoms with Crippen molar-refractivity contribution in [1.82, 2.24) is 14.9 Å². The van der Waals surface area contributed by atoms with Crippen molar-refractivity contribution >= 4 is 11.8 Å². The van der Waals surface area contributed by atoms with Gasteiger partial charge in [0.05, 0.1) is 6.20 Å². The van der Waals surface area contributed by atoms with E-state index >= 15 is 0 Å². The Labute approximate surface area is 107 Å². The summed E-state index contributed by atoms with van der Waals surface area (Å²) >= 11 is 0. The molecule has 1 fully saturated rings. The molecule has 1 aliphatic rings. The van der Waals surface area contributed by atoms with E-state index in [1.54, 1.807) is 0 Å². The molecule has 0 aliphatic carbocycles. The van der Waals surface area contributed by atoms with Gasteiger partial charge in [-0.15, -0.1) is 0 Å². The van der Waals surface area contributed by atoms with E-state index in [1.807, 2.05) is 4.90 Å². The Morgan fingerprint density at radius 2 is 2.00 bits per heavy atom. The Balaban J connectivity index is 1.99. The van der Waals surface area contributed by atoms with Crippen LogP contribution >= 0.6 is 0 Å². The molecule has 0 spiro atoms. The number of hydrogen-bond acceptors (Lipinski definition) is 5. The van der Waals surface area contributed by atoms with Gasteiger partial charge in [-0.3, -0.25) is 4.90 Å². The average Bonchev–Trinajstić information content (AvgIpc) is 2.33. The number of nitrogens with two attached hydrogens (primary N) is 1. The van der Waals surface area contributed by atoms with Gasteiger partial charge in [0, 0.05) is 32.7 Å². The Morgan fingerprint density at radius 1 is 1.33 bits per heavy atom. The summed E-state index contributed by atoms with van der Waals surface area (Å²) in [6.07, 6.45) is 1.14. The van der Waals surface area contributed by atoms with Crippen LogP contribution in [0.4, 0.5) is 16.2 Å². The molecule has 2 N–H and O–H groups in total. The number of aromatic nitrogens is 2. The minimum Gasteiger partial charge on any atom is -0.368 e. The van der Waals surface area contributed by atoms with Crippen LogP contribution in [0.15, 0.2) is 6.20 Å². The maximum atomic E-state index is 13.6. The lowest BCUT2D eigenvalue weighted by Gasteiger charge is -2.36. The van der Waals surface area contributed by atoms with Crippen molar-refractivity contribution < 1.29 is 4.39 Å². The molecule has 1 aromatic rings. The molecular formula is C12H20FN5. The van der Waals surface area contributed by atoms with Crippen LogP contribution in [0, 0.1) is 11.7 Å². The molecule has 2 heterocycles. The van der Waals surface area contributed by atoms with Crippen molar-refractivity contribution in [3.05, 3.63) is 12.0 Å². The van der Waals surface area contributed by atoms with Crippen LogP contribution in [0.5, 0.6) is 0 Å². The molecule has 0 bridgehead atoms. The van der Waals surface area contributed by atoms with Crippen LogP contribution in [0.1, 0.15) is 13.8 Å². The smallest absolute Gasteiger partial charge is 0.222 e. The SMILES string of the molecule is CC(C)CN1CCN(c2nc(N)ncc2F)CC1. The standard InChI is InChI=1S/C12H20FN5/c1-9(2)8-17-3-5-18(6-4-17)11-10(13)7-15-12(14)16-11/h7,9H,3-6,8H2,1-2H3,(H2,14,15,16). The lowest BCUT2D eigenvalue weighted by atomic mass is 10.2. The van der Waals surface area contributed by atoms with E-state index < -0.39 is 5.82 Å². The number of anilines is 2. The van der Waals surface area contributed by atoms with E-state index in [9.17, 15) is 4.39 Å². The lowest BCUT2D eigenvalue weighted by Crippen LogP contribution is -2.48. The molecule has 0 amide bonds. The van der Waals surface area contributed by atoms with Gasteiger partial charge in [0.1, 0.15) is 0 Å². The van der Waals surface area contributed by atoms with E-state index in [1.165, 1.54) is 0 Å². The van der Waals surface area contributed by atoms with Crippen LogP contribution in [0.2, 0.25) is 0 Å². The van der Waals surface area contributed by atoms with Crippen LogP contribution in [-0.2, 0) is 0 Å². The number of hydrogen-bond donors (Lipinski definition) is 1. The van der Waals surface area contributed by atoms with Crippen LogP contribution in [0.3, 0.4) is 0 Å². The second-order valence-electron chi connectivity index (χ2n) is 5.08. The maximum absolute atomic E-state index is 13.6. The van der Waals surface area contributed by atoms with Gasteiger partial charge in [0.25, 0.3) is 0 Å². The maximum Gasteiger partial charge on any atom is 0.222 e.